The van der Waals surface area contributed by atoms with Gasteiger partial charge in [0.15, 0.2) is 0 Å². The Labute approximate surface area is 108 Å². The van der Waals surface area contributed by atoms with Gasteiger partial charge in [0.2, 0.25) is 0 Å². The summed E-state index contributed by atoms with van der Waals surface area (Å²) in [5.41, 5.74) is 0. The molecule has 0 heterocycles. The molecule has 0 aromatic heterocycles. The van der Waals surface area contributed by atoms with Crippen molar-refractivity contribution in [2.24, 2.45) is 0 Å². The average molecular weight is 245 g/mol. The first-order chi connectivity index (χ1) is 7.66. The summed E-state index contributed by atoms with van der Waals surface area (Å²) < 4.78 is 18.3. The van der Waals surface area contributed by atoms with Crippen LogP contribution in [0.15, 0.2) is 0 Å². The summed E-state index contributed by atoms with van der Waals surface area (Å²) in [4.78, 5) is 0. The molecule has 4 heteroatoms. The van der Waals surface area contributed by atoms with Crippen molar-refractivity contribution in [2.45, 2.75) is 53.4 Å². The molecule has 3 nitrogen and oxygen atoms in total. The van der Waals surface area contributed by atoms with Crippen molar-refractivity contribution in [3.05, 3.63) is 0 Å². The molecule has 0 radical (unpaired) electrons. The van der Waals surface area contributed by atoms with Crippen LogP contribution in [0.4, 0.5) is 0 Å². The van der Waals surface area contributed by atoms with E-state index in [0.717, 1.165) is 0 Å². The molecule has 0 spiro atoms. The second-order valence-corrected chi connectivity index (χ2v) is 4.52. The van der Waals surface area contributed by atoms with Crippen LogP contribution in [0, 0.1) is 0 Å². The van der Waals surface area contributed by atoms with Crippen LogP contribution in [-0.4, -0.2) is 46.1 Å². The van der Waals surface area contributed by atoms with Gasteiger partial charge in [-0.15, -0.1) is 0 Å². The summed E-state index contributed by atoms with van der Waals surface area (Å²) in [5.74, 6) is 0. The Balaban J connectivity index is 0. The van der Waals surface area contributed by atoms with Gasteiger partial charge in [0.25, 0.3) is 0 Å². The molecule has 0 rings (SSSR count). The van der Waals surface area contributed by atoms with Gasteiger partial charge in [-0.2, -0.15) is 0 Å². The Hall–Kier alpha value is 0.0925. The summed E-state index contributed by atoms with van der Waals surface area (Å²) in [7, 11) is 0. The summed E-state index contributed by atoms with van der Waals surface area (Å²) in [6, 6.07) is 0. The molecular formula is C12H28AlNO2. The van der Waals surface area contributed by atoms with E-state index >= 15 is 0 Å². The van der Waals surface area contributed by atoms with Crippen LogP contribution in [0.2, 0.25) is 0 Å². The number of hydrogen-bond acceptors (Lipinski definition) is 2. The fraction of sp³-hybridized carbons (Fsp3) is 1.00. The molecule has 0 aromatic carbocycles. The zero-order chi connectivity index (χ0) is 12.9. The second-order valence-electron chi connectivity index (χ2n) is 4.33. The van der Waals surface area contributed by atoms with E-state index in [1.807, 2.05) is 0 Å². The zero-order valence-corrected chi connectivity index (χ0v) is 12.7. The molecule has 16 heavy (non-hydrogen) atoms. The fourth-order valence-corrected chi connectivity index (χ4v) is 2.57. The van der Waals surface area contributed by atoms with Crippen molar-refractivity contribution in [3.63, 3.8) is 0 Å². The Bertz CT molecular complexity index is 124. The van der Waals surface area contributed by atoms with Crippen LogP contribution in [0.25, 0.3) is 0 Å². The van der Waals surface area contributed by atoms with Crippen molar-refractivity contribution in [1.29, 1.82) is 0 Å². The second kappa shape index (κ2) is 13.2. The molecule has 0 aromatic rings. The van der Waals surface area contributed by atoms with Crippen LogP contribution < -0.4 is 4.16 Å². The monoisotopic (exact) mass is 245 g/mol. The van der Waals surface area contributed by atoms with Crippen LogP contribution >= 0.6 is 0 Å². The summed E-state index contributed by atoms with van der Waals surface area (Å²) >= 11 is -1.75. The Kier molecular flexibility index (Phi) is 15.2. The Morgan fingerprint density at radius 1 is 0.812 bits per heavy atom. The third-order valence-corrected chi connectivity index (χ3v) is 2.79. The number of quaternary nitrogens is 1. The first kappa shape index (κ1) is 18.5. The Morgan fingerprint density at radius 2 is 1.00 bits per heavy atom. The molecular weight excluding hydrogens is 217 g/mol. The summed E-state index contributed by atoms with van der Waals surface area (Å²) in [5, 5.41) is 0. The van der Waals surface area contributed by atoms with Crippen molar-refractivity contribution >= 4 is 15.5 Å². The van der Waals surface area contributed by atoms with E-state index in [0.29, 0.717) is 0 Å². The van der Waals surface area contributed by atoms with Gasteiger partial charge in [-0.25, -0.2) is 0 Å². The van der Waals surface area contributed by atoms with E-state index in [4.69, 9.17) is 7.96 Å². The van der Waals surface area contributed by atoms with Gasteiger partial charge in [-0.1, -0.05) is 27.7 Å². The van der Waals surface area contributed by atoms with Gasteiger partial charge in [0, 0.05) is 0 Å². The van der Waals surface area contributed by atoms with Gasteiger partial charge < -0.3 is 4.48 Å². The van der Waals surface area contributed by atoms with Gasteiger partial charge in [-0.05, 0) is 25.7 Å². The minimum absolute atomic E-state index is 1.33. The fourth-order valence-electron chi connectivity index (χ4n) is 2.57. The third-order valence-electron chi connectivity index (χ3n) is 2.79. The molecule has 0 bridgehead atoms. The van der Waals surface area contributed by atoms with Crippen LogP contribution in [0.5, 0.6) is 0 Å². The quantitative estimate of drug-likeness (QED) is 0.483. The van der Waals surface area contributed by atoms with E-state index in [1.54, 1.807) is 0 Å². The van der Waals surface area contributed by atoms with E-state index < -0.39 is 15.5 Å². The van der Waals surface area contributed by atoms with Crippen molar-refractivity contribution in [2.75, 3.05) is 26.2 Å². The van der Waals surface area contributed by atoms with Crippen molar-refractivity contribution in [3.8, 4) is 0 Å². The number of rotatable bonds is 8. The third kappa shape index (κ3) is 9.33. The predicted molar refractivity (Wildman–Crippen MR) is 67.3 cm³/mol. The molecule has 0 fully saturated rings. The number of nitrogens with zero attached hydrogens (tertiary/aromatic N) is 1. The normalized spacial score (nSPS) is 10.2. The van der Waals surface area contributed by atoms with E-state index in [2.05, 4.69) is 27.7 Å². The predicted octanol–water partition coefficient (Wildman–Crippen LogP) is 1.75. The molecule has 0 atom stereocenters. The topological polar surface area (TPSA) is 40.1 Å². The molecule has 0 amide bonds. The molecule has 0 aliphatic carbocycles. The molecule has 0 saturated carbocycles. The van der Waals surface area contributed by atoms with Gasteiger partial charge in [0.05, 0.1) is 26.2 Å². The SMILES string of the molecule is CCC[N+](CCC)(CCC)CCC.[O]=[Al][O-]. The van der Waals surface area contributed by atoms with Crippen molar-refractivity contribution < 1.29 is 12.4 Å². The van der Waals surface area contributed by atoms with E-state index in [-0.39, 0.29) is 0 Å². The van der Waals surface area contributed by atoms with Gasteiger partial charge in [-0.3, -0.25) is 0 Å². The van der Waals surface area contributed by atoms with Crippen LogP contribution in [0.3, 0.4) is 0 Å². The summed E-state index contributed by atoms with van der Waals surface area (Å²) in [6.07, 6.45) is 5.33. The first-order valence-electron chi connectivity index (χ1n) is 6.56. The van der Waals surface area contributed by atoms with Crippen LogP contribution in [-0.2, 0) is 3.80 Å². The molecule has 96 valence electrons. The summed E-state index contributed by atoms with van der Waals surface area (Å²) in [6.45, 7) is 14.8. The first-order valence-corrected chi connectivity index (χ1v) is 7.51. The van der Waals surface area contributed by atoms with Gasteiger partial charge in [0.1, 0.15) is 0 Å². The molecule has 0 aliphatic heterocycles. The molecule has 0 N–H and O–H groups in total. The van der Waals surface area contributed by atoms with E-state index in [9.17, 15) is 0 Å². The number of hydrogen-bond donors (Lipinski definition) is 0. The van der Waals surface area contributed by atoms with Crippen molar-refractivity contribution in [1.82, 2.24) is 0 Å². The minimum atomic E-state index is -1.75. The maximum atomic E-state index is 8.46. The average Bonchev–Trinajstić information content (AvgIpc) is 2.20. The Morgan fingerprint density at radius 3 is 1.12 bits per heavy atom. The zero-order valence-electron chi connectivity index (χ0n) is 11.5. The molecule has 0 aliphatic rings. The molecule has 0 saturated heterocycles. The molecule has 0 unspecified atom stereocenters. The maximum absolute atomic E-state index is 8.46. The van der Waals surface area contributed by atoms with Crippen LogP contribution in [0.1, 0.15) is 53.4 Å². The van der Waals surface area contributed by atoms with Gasteiger partial charge >= 0.3 is 23.4 Å². The van der Waals surface area contributed by atoms with E-state index in [1.165, 1.54) is 56.3 Å². The standard InChI is InChI=1S/C12H28N.Al.2O/c1-5-9-13(10-6-2,11-7-3)12-8-4;;;/h5-12H2,1-4H3;;;/q+1;;;-1.